The van der Waals surface area contributed by atoms with Crippen LogP contribution in [-0.4, -0.2) is 0 Å². The molecule has 2 aliphatic rings. The fourth-order valence-corrected chi connectivity index (χ4v) is 2.01. The van der Waals surface area contributed by atoms with Gasteiger partial charge < -0.3 is 0 Å². The highest BCUT2D eigenvalue weighted by Crippen LogP contribution is 2.28. The average Bonchev–Trinajstić information content (AvgIpc) is 2.30. The minimum absolute atomic E-state index is 0.617. The molecule has 0 nitrogen and oxygen atoms in total. The number of hydrogen-bond donors (Lipinski definition) is 0. The van der Waals surface area contributed by atoms with Gasteiger partial charge in [-0.1, -0.05) is 55.5 Å². The van der Waals surface area contributed by atoms with E-state index in [-0.39, 0.29) is 0 Å². The second-order valence-corrected chi connectivity index (χ2v) is 3.73. The highest BCUT2D eigenvalue weighted by molar-refractivity contribution is 5.44. The Labute approximate surface area is 86.0 Å². The average molecular weight is 184 g/mol. The zero-order valence-electron chi connectivity index (χ0n) is 8.61. The van der Waals surface area contributed by atoms with Crippen LogP contribution in [0.3, 0.4) is 0 Å². The standard InChI is InChI=1S/C14H16/c1-2-12-8-6-7-11-14(12)13-9-4-3-5-10-13/h3-9,11-12H,2,10H2,1H3/b14-13-. The smallest absolute Gasteiger partial charge is 0.00213 e. The Balaban J connectivity index is 2.31. The third kappa shape index (κ3) is 1.79. The van der Waals surface area contributed by atoms with Crippen LogP contribution in [0.2, 0.25) is 0 Å². The van der Waals surface area contributed by atoms with Crippen molar-refractivity contribution in [1.29, 1.82) is 0 Å². The largest absolute Gasteiger partial charge is 0.0801 e. The number of allylic oxidation sites excluding steroid dienone is 10. The molecule has 2 rings (SSSR count). The zero-order valence-corrected chi connectivity index (χ0v) is 8.61. The Hall–Kier alpha value is -1.30. The molecule has 0 bridgehead atoms. The van der Waals surface area contributed by atoms with Crippen LogP contribution in [0, 0.1) is 5.92 Å². The second kappa shape index (κ2) is 4.28. The Bertz CT molecular complexity index is 348. The van der Waals surface area contributed by atoms with E-state index in [0.29, 0.717) is 5.92 Å². The van der Waals surface area contributed by atoms with Gasteiger partial charge in [-0.05, 0) is 24.0 Å². The zero-order chi connectivity index (χ0) is 9.80. The van der Waals surface area contributed by atoms with Gasteiger partial charge in [-0.25, -0.2) is 0 Å². The summed E-state index contributed by atoms with van der Waals surface area (Å²) in [5, 5.41) is 0. The lowest BCUT2D eigenvalue weighted by molar-refractivity contribution is 0.731. The third-order valence-electron chi connectivity index (χ3n) is 2.82. The summed E-state index contributed by atoms with van der Waals surface area (Å²) >= 11 is 0. The van der Waals surface area contributed by atoms with Crippen LogP contribution in [0.5, 0.6) is 0 Å². The van der Waals surface area contributed by atoms with Gasteiger partial charge in [-0.3, -0.25) is 0 Å². The molecule has 0 radical (unpaired) electrons. The molecule has 0 aliphatic heterocycles. The maximum absolute atomic E-state index is 2.30. The van der Waals surface area contributed by atoms with Crippen LogP contribution in [0.25, 0.3) is 0 Å². The van der Waals surface area contributed by atoms with Crippen molar-refractivity contribution in [2.75, 3.05) is 0 Å². The molecule has 72 valence electrons. The third-order valence-corrected chi connectivity index (χ3v) is 2.82. The molecule has 1 unspecified atom stereocenters. The van der Waals surface area contributed by atoms with Gasteiger partial charge in [0.25, 0.3) is 0 Å². The van der Waals surface area contributed by atoms with Crippen molar-refractivity contribution in [2.45, 2.75) is 19.8 Å². The summed E-state index contributed by atoms with van der Waals surface area (Å²) in [5.41, 5.74) is 2.97. The SMILES string of the molecule is CCC1C=CC=C/C1=C1\C=CC=CC1. The van der Waals surface area contributed by atoms with Crippen LogP contribution in [0.15, 0.2) is 59.8 Å². The summed E-state index contributed by atoms with van der Waals surface area (Å²) in [5.74, 6) is 0.617. The molecule has 2 aliphatic carbocycles. The molecule has 0 aromatic carbocycles. The van der Waals surface area contributed by atoms with E-state index in [1.54, 1.807) is 0 Å². The lowest BCUT2D eigenvalue weighted by Crippen LogP contribution is -2.03. The first-order valence-electron chi connectivity index (χ1n) is 5.33. The van der Waals surface area contributed by atoms with Gasteiger partial charge in [0, 0.05) is 5.92 Å². The second-order valence-electron chi connectivity index (χ2n) is 3.73. The molecule has 14 heavy (non-hydrogen) atoms. The highest BCUT2D eigenvalue weighted by atomic mass is 14.2. The van der Waals surface area contributed by atoms with Crippen molar-refractivity contribution in [3.63, 3.8) is 0 Å². The molecule has 0 heterocycles. The Morgan fingerprint density at radius 3 is 2.71 bits per heavy atom. The van der Waals surface area contributed by atoms with Gasteiger partial charge in [0.2, 0.25) is 0 Å². The van der Waals surface area contributed by atoms with Crippen LogP contribution in [-0.2, 0) is 0 Å². The van der Waals surface area contributed by atoms with Gasteiger partial charge in [0.05, 0.1) is 0 Å². The summed E-state index contributed by atoms with van der Waals surface area (Å²) in [6, 6.07) is 0. The van der Waals surface area contributed by atoms with Crippen molar-refractivity contribution < 1.29 is 0 Å². The fraction of sp³-hybridized carbons (Fsp3) is 0.286. The summed E-state index contributed by atoms with van der Waals surface area (Å²) in [6.07, 6.45) is 19.8. The summed E-state index contributed by atoms with van der Waals surface area (Å²) in [6.45, 7) is 2.25. The van der Waals surface area contributed by atoms with Crippen molar-refractivity contribution >= 4 is 0 Å². The monoisotopic (exact) mass is 184 g/mol. The molecule has 0 saturated carbocycles. The first-order chi connectivity index (χ1) is 6.92. The minimum atomic E-state index is 0.617. The number of rotatable bonds is 1. The van der Waals surface area contributed by atoms with Crippen LogP contribution < -0.4 is 0 Å². The molecule has 0 amide bonds. The van der Waals surface area contributed by atoms with E-state index in [9.17, 15) is 0 Å². The molecule has 0 aromatic heterocycles. The maximum atomic E-state index is 2.30. The molecule has 1 atom stereocenters. The molecule has 0 fully saturated rings. The quantitative estimate of drug-likeness (QED) is 0.579. The number of hydrogen-bond acceptors (Lipinski definition) is 0. The molecule has 0 heteroatoms. The topological polar surface area (TPSA) is 0 Å². The van der Waals surface area contributed by atoms with Crippen molar-refractivity contribution in [3.8, 4) is 0 Å². The van der Waals surface area contributed by atoms with E-state index in [1.807, 2.05) is 0 Å². The van der Waals surface area contributed by atoms with E-state index in [1.165, 1.54) is 17.6 Å². The van der Waals surface area contributed by atoms with Gasteiger partial charge in [0.1, 0.15) is 0 Å². The maximum Gasteiger partial charge on any atom is 0.00213 e. The Kier molecular flexibility index (Phi) is 2.83. The van der Waals surface area contributed by atoms with E-state index < -0.39 is 0 Å². The van der Waals surface area contributed by atoms with E-state index >= 15 is 0 Å². The van der Waals surface area contributed by atoms with Crippen molar-refractivity contribution in [1.82, 2.24) is 0 Å². The van der Waals surface area contributed by atoms with Gasteiger partial charge >= 0.3 is 0 Å². The highest BCUT2D eigenvalue weighted by Gasteiger charge is 2.12. The first kappa shape index (κ1) is 9.26. The fourth-order valence-electron chi connectivity index (χ4n) is 2.01. The van der Waals surface area contributed by atoms with Crippen LogP contribution in [0.4, 0.5) is 0 Å². The van der Waals surface area contributed by atoms with E-state index in [0.717, 1.165) is 6.42 Å². The molecule has 0 spiro atoms. The van der Waals surface area contributed by atoms with Crippen LogP contribution >= 0.6 is 0 Å². The Morgan fingerprint density at radius 2 is 2.00 bits per heavy atom. The lowest BCUT2D eigenvalue weighted by Gasteiger charge is -2.18. The summed E-state index contributed by atoms with van der Waals surface area (Å²) in [4.78, 5) is 0. The molecular weight excluding hydrogens is 168 g/mol. The van der Waals surface area contributed by atoms with Gasteiger partial charge in [-0.2, -0.15) is 0 Å². The predicted molar refractivity (Wildman–Crippen MR) is 62.0 cm³/mol. The molecule has 0 saturated heterocycles. The minimum Gasteiger partial charge on any atom is -0.0801 e. The van der Waals surface area contributed by atoms with Crippen molar-refractivity contribution in [3.05, 3.63) is 59.8 Å². The van der Waals surface area contributed by atoms with E-state index in [2.05, 4.69) is 55.5 Å². The van der Waals surface area contributed by atoms with Crippen LogP contribution in [0.1, 0.15) is 19.8 Å². The van der Waals surface area contributed by atoms with E-state index in [4.69, 9.17) is 0 Å². The predicted octanol–water partition coefficient (Wildman–Crippen LogP) is 3.95. The molecule has 0 N–H and O–H groups in total. The molecule has 0 aromatic rings. The van der Waals surface area contributed by atoms with Gasteiger partial charge in [0.15, 0.2) is 0 Å². The molecular formula is C14H16. The normalized spacial score (nSPS) is 29.9. The van der Waals surface area contributed by atoms with Gasteiger partial charge in [-0.15, -0.1) is 0 Å². The Morgan fingerprint density at radius 1 is 1.14 bits per heavy atom. The summed E-state index contributed by atoms with van der Waals surface area (Å²) in [7, 11) is 0. The summed E-state index contributed by atoms with van der Waals surface area (Å²) < 4.78 is 0. The van der Waals surface area contributed by atoms with Crippen molar-refractivity contribution in [2.24, 2.45) is 5.92 Å². The first-order valence-corrected chi connectivity index (χ1v) is 5.33. The lowest BCUT2D eigenvalue weighted by atomic mass is 9.86.